The summed E-state index contributed by atoms with van der Waals surface area (Å²) >= 11 is 2.41. The molecule has 158 valence electrons. The number of fused-ring (bicyclic) bond motifs is 1. The summed E-state index contributed by atoms with van der Waals surface area (Å²) in [6, 6.07) is 14.8. The van der Waals surface area contributed by atoms with Crippen molar-refractivity contribution in [2.75, 3.05) is 18.2 Å². The number of rotatable bonds is 7. The highest BCUT2D eigenvalue weighted by Gasteiger charge is 2.14. The average molecular weight is 455 g/mol. The van der Waals surface area contributed by atoms with E-state index >= 15 is 0 Å². The van der Waals surface area contributed by atoms with Gasteiger partial charge in [0.2, 0.25) is 11.8 Å². The van der Waals surface area contributed by atoms with Gasteiger partial charge in [-0.15, -0.1) is 0 Å². The van der Waals surface area contributed by atoms with Crippen molar-refractivity contribution in [3.8, 4) is 11.6 Å². The Morgan fingerprint density at radius 2 is 1.97 bits per heavy atom. The van der Waals surface area contributed by atoms with Crippen LogP contribution < -0.4 is 15.6 Å². The van der Waals surface area contributed by atoms with Crippen LogP contribution in [0.5, 0.6) is 11.6 Å². The first kappa shape index (κ1) is 20.9. The highest BCUT2D eigenvalue weighted by Crippen LogP contribution is 2.26. The molecule has 2 heterocycles. The van der Waals surface area contributed by atoms with Gasteiger partial charge >= 0.3 is 0 Å². The van der Waals surface area contributed by atoms with Gasteiger partial charge in [-0.1, -0.05) is 47.4 Å². The van der Waals surface area contributed by atoms with Crippen LogP contribution in [0.1, 0.15) is 11.1 Å². The van der Waals surface area contributed by atoms with Crippen LogP contribution in [0, 0.1) is 0 Å². The molecule has 0 aliphatic carbocycles. The number of methoxy groups -OCH3 is 1. The zero-order chi connectivity index (χ0) is 21.8. The summed E-state index contributed by atoms with van der Waals surface area (Å²) < 4.78 is 6.09. The van der Waals surface area contributed by atoms with Crippen molar-refractivity contribution in [2.24, 2.45) is 0 Å². The molecular formula is C21H18N4O4S2. The van der Waals surface area contributed by atoms with Crippen LogP contribution in [-0.2, 0) is 11.2 Å². The number of H-pyrrole nitrogens is 1. The summed E-state index contributed by atoms with van der Waals surface area (Å²) in [5.74, 6) is 0.0777. The molecule has 31 heavy (non-hydrogen) atoms. The van der Waals surface area contributed by atoms with E-state index in [1.807, 2.05) is 36.4 Å². The molecule has 0 aliphatic heterocycles. The van der Waals surface area contributed by atoms with Crippen molar-refractivity contribution in [1.82, 2.24) is 15.0 Å². The first-order valence-electron chi connectivity index (χ1n) is 9.25. The number of aromatic nitrogens is 3. The number of nitrogens with one attached hydrogen (secondary N) is 2. The fourth-order valence-corrected chi connectivity index (χ4v) is 4.39. The lowest BCUT2D eigenvalue weighted by Crippen LogP contribution is -2.17. The maximum absolute atomic E-state index is 12.4. The molecule has 0 unspecified atom stereocenters. The third-order valence-corrected chi connectivity index (χ3v) is 6.22. The molecule has 3 N–H and O–H groups in total. The van der Waals surface area contributed by atoms with E-state index in [0.717, 1.165) is 27.5 Å². The van der Waals surface area contributed by atoms with Crippen molar-refractivity contribution < 1.29 is 14.6 Å². The number of aromatic hydroxyl groups is 1. The number of para-hydroxylation sites is 1. The van der Waals surface area contributed by atoms with E-state index in [-0.39, 0.29) is 34.7 Å². The van der Waals surface area contributed by atoms with Gasteiger partial charge in [-0.05, 0) is 29.8 Å². The van der Waals surface area contributed by atoms with Gasteiger partial charge in [-0.3, -0.25) is 9.59 Å². The van der Waals surface area contributed by atoms with Gasteiger partial charge in [0.25, 0.3) is 5.56 Å². The first-order valence-corrected chi connectivity index (χ1v) is 11.1. The van der Waals surface area contributed by atoms with Crippen molar-refractivity contribution in [2.45, 2.75) is 11.6 Å². The van der Waals surface area contributed by atoms with Gasteiger partial charge in [0.05, 0.1) is 28.6 Å². The number of benzene rings is 2. The van der Waals surface area contributed by atoms with Crippen molar-refractivity contribution in [3.05, 3.63) is 70.0 Å². The number of anilines is 1. The molecule has 4 aromatic rings. The van der Waals surface area contributed by atoms with Crippen molar-refractivity contribution >= 4 is 44.4 Å². The molecular weight excluding hydrogens is 436 g/mol. The summed E-state index contributed by atoms with van der Waals surface area (Å²) in [5, 5.41) is 13.6. The van der Waals surface area contributed by atoms with E-state index in [1.54, 1.807) is 19.2 Å². The molecule has 1 amide bonds. The third kappa shape index (κ3) is 5.04. The summed E-state index contributed by atoms with van der Waals surface area (Å²) in [5.41, 5.74) is 1.36. The summed E-state index contributed by atoms with van der Waals surface area (Å²) in [7, 11) is 1.57. The molecule has 0 bridgehead atoms. The molecule has 8 nitrogen and oxygen atoms in total. The largest absolute Gasteiger partial charge is 0.497 e. The monoisotopic (exact) mass is 454 g/mol. The number of hydrogen-bond donors (Lipinski definition) is 3. The standard InChI is InChI=1S/C21H18N4O4S2/c1-29-13-8-6-12(7-9-13)10-14-18(27)24-20(25-19(14)28)30-11-17(26)23-21-22-15-4-2-3-5-16(15)31-21/h2-9H,10-11H2,1H3,(H,22,23,26)(H2,24,25,27,28). The Bertz CT molecular complexity index is 1250. The van der Waals surface area contributed by atoms with Gasteiger partial charge in [-0.25, -0.2) is 4.98 Å². The molecule has 10 heteroatoms. The second kappa shape index (κ2) is 9.19. The molecule has 0 radical (unpaired) electrons. The predicted octanol–water partition coefficient (Wildman–Crippen LogP) is 3.42. The van der Waals surface area contributed by atoms with E-state index in [9.17, 15) is 14.7 Å². The fourth-order valence-electron chi connectivity index (χ4n) is 2.86. The number of carbonyl (C=O) groups excluding carboxylic acids is 1. The lowest BCUT2D eigenvalue weighted by molar-refractivity contribution is -0.113. The quantitative estimate of drug-likeness (QED) is 0.289. The summed E-state index contributed by atoms with van der Waals surface area (Å²) in [6.07, 6.45) is 0.223. The number of thiazole rings is 1. The SMILES string of the molecule is COc1ccc(Cc2c(O)nc(SCC(=O)Nc3nc4ccccc4s3)[nH]c2=O)cc1. The average Bonchev–Trinajstić information content (AvgIpc) is 3.17. The van der Waals surface area contributed by atoms with Crippen LogP contribution in [0.4, 0.5) is 5.13 Å². The third-order valence-electron chi connectivity index (χ3n) is 4.39. The van der Waals surface area contributed by atoms with E-state index < -0.39 is 5.56 Å². The molecule has 0 spiro atoms. The summed E-state index contributed by atoms with van der Waals surface area (Å²) in [6.45, 7) is 0. The van der Waals surface area contributed by atoms with Gasteiger partial charge in [0, 0.05) is 6.42 Å². The molecule has 4 rings (SSSR count). The van der Waals surface area contributed by atoms with Crippen LogP contribution >= 0.6 is 23.1 Å². The van der Waals surface area contributed by atoms with Gasteiger partial charge in [0.1, 0.15) is 5.75 Å². The number of carbonyl (C=O) groups is 1. The Hall–Kier alpha value is -3.37. The highest BCUT2D eigenvalue weighted by molar-refractivity contribution is 7.99. The number of aromatic amines is 1. The molecule has 2 aromatic carbocycles. The zero-order valence-corrected chi connectivity index (χ0v) is 18.0. The minimum Gasteiger partial charge on any atom is -0.497 e. The second-order valence-corrected chi connectivity index (χ2v) is 8.52. The normalized spacial score (nSPS) is 10.9. The number of amides is 1. The van der Waals surface area contributed by atoms with Crippen LogP contribution in [0.15, 0.2) is 58.5 Å². The maximum Gasteiger partial charge on any atom is 0.258 e. The van der Waals surface area contributed by atoms with Gasteiger partial charge < -0.3 is 20.1 Å². The van der Waals surface area contributed by atoms with Crippen LogP contribution in [0.3, 0.4) is 0 Å². The fraction of sp³-hybridized carbons (Fsp3) is 0.143. The van der Waals surface area contributed by atoms with E-state index in [0.29, 0.717) is 10.9 Å². The van der Waals surface area contributed by atoms with Crippen LogP contribution in [0.2, 0.25) is 0 Å². The molecule has 0 saturated carbocycles. The zero-order valence-electron chi connectivity index (χ0n) is 16.4. The smallest absolute Gasteiger partial charge is 0.258 e. The maximum atomic E-state index is 12.4. The summed E-state index contributed by atoms with van der Waals surface area (Å²) in [4.78, 5) is 35.7. The van der Waals surface area contributed by atoms with Gasteiger partial charge in [-0.2, -0.15) is 4.98 Å². The Morgan fingerprint density at radius 1 is 1.19 bits per heavy atom. The lowest BCUT2D eigenvalue weighted by Gasteiger charge is -2.07. The Morgan fingerprint density at radius 3 is 2.68 bits per heavy atom. The Kier molecular flexibility index (Phi) is 6.19. The van der Waals surface area contributed by atoms with Crippen LogP contribution in [-0.4, -0.2) is 38.8 Å². The van der Waals surface area contributed by atoms with E-state index in [2.05, 4.69) is 20.3 Å². The number of thioether (sulfide) groups is 1. The Balaban J connectivity index is 1.39. The van der Waals surface area contributed by atoms with Gasteiger partial charge in [0.15, 0.2) is 10.3 Å². The number of nitrogens with zero attached hydrogens (tertiary/aromatic N) is 2. The molecule has 2 aromatic heterocycles. The van der Waals surface area contributed by atoms with E-state index in [4.69, 9.17) is 4.74 Å². The second-order valence-electron chi connectivity index (χ2n) is 6.52. The number of ether oxygens (including phenoxy) is 1. The van der Waals surface area contributed by atoms with Crippen molar-refractivity contribution in [3.63, 3.8) is 0 Å². The number of hydrogen-bond acceptors (Lipinski definition) is 8. The first-order chi connectivity index (χ1) is 15.0. The van der Waals surface area contributed by atoms with Crippen molar-refractivity contribution in [1.29, 1.82) is 0 Å². The lowest BCUT2D eigenvalue weighted by atomic mass is 10.1. The molecule has 0 fully saturated rings. The topological polar surface area (TPSA) is 117 Å². The minimum absolute atomic E-state index is 0.0101. The predicted molar refractivity (Wildman–Crippen MR) is 121 cm³/mol. The minimum atomic E-state index is -0.447. The molecule has 0 saturated heterocycles. The molecule has 0 aliphatic rings. The Labute approximate surface area is 185 Å². The molecule has 0 atom stereocenters. The van der Waals surface area contributed by atoms with Crippen LogP contribution in [0.25, 0.3) is 10.2 Å². The highest BCUT2D eigenvalue weighted by atomic mass is 32.2. The van der Waals surface area contributed by atoms with E-state index in [1.165, 1.54) is 11.3 Å².